The Morgan fingerprint density at radius 2 is 1.84 bits per heavy atom. The topological polar surface area (TPSA) is 40.5 Å². The van der Waals surface area contributed by atoms with Gasteiger partial charge in [0.15, 0.2) is 0 Å². The second-order valence-corrected chi connectivity index (χ2v) is 4.78. The molecule has 2 unspecified atom stereocenters. The lowest BCUT2D eigenvalue weighted by atomic mass is 10.0. The van der Waals surface area contributed by atoms with Gasteiger partial charge in [0.1, 0.15) is 0 Å². The van der Waals surface area contributed by atoms with Gasteiger partial charge in [-0.3, -0.25) is 0 Å². The Labute approximate surface area is 118 Å². The second-order valence-electron chi connectivity index (χ2n) is 4.78. The Balaban J connectivity index is 4.52. The van der Waals surface area contributed by atoms with Crippen LogP contribution in [0.15, 0.2) is 24.3 Å². The van der Waals surface area contributed by atoms with Crippen LogP contribution in [-0.2, 0) is 0 Å². The van der Waals surface area contributed by atoms with Gasteiger partial charge in [-0.05, 0) is 25.7 Å². The highest BCUT2D eigenvalue weighted by Crippen LogP contribution is 2.10. The van der Waals surface area contributed by atoms with E-state index in [9.17, 15) is 10.2 Å². The van der Waals surface area contributed by atoms with Gasteiger partial charge in [-0.1, -0.05) is 50.7 Å². The zero-order valence-electron chi connectivity index (χ0n) is 12.4. The van der Waals surface area contributed by atoms with E-state index in [1.807, 2.05) is 26.0 Å². The molecule has 0 heterocycles. The molecule has 0 bridgehead atoms. The summed E-state index contributed by atoms with van der Waals surface area (Å²) in [7, 11) is 0. The maximum Gasteiger partial charge on any atom is 0.0864 e. The van der Waals surface area contributed by atoms with E-state index in [-0.39, 0.29) is 6.10 Å². The average Bonchev–Trinajstić information content (AvgIpc) is 2.37. The molecule has 0 radical (unpaired) electrons. The monoisotopic (exact) mass is 264 g/mol. The molecule has 0 rings (SSSR count). The molecule has 2 atom stereocenters. The van der Waals surface area contributed by atoms with Gasteiger partial charge in [0.05, 0.1) is 12.2 Å². The van der Waals surface area contributed by atoms with Crippen molar-refractivity contribution in [2.75, 3.05) is 0 Å². The molecule has 0 saturated carbocycles. The number of aliphatic hydroxyl groups excluding tert-OH is 2. The molecule has 0 aliphatic rings. The van der Waals surface area contributed by atoms with Crippen molar-refractivity contribution in [1.82, 2.24) is 0 Å². The summed E-state index contributed by atoms with van der Waals surface area (Å²) in [5, 5.41) is 19.6. The van der Waals surface area contributed by atoms with E-state index in [1.165, 1.54) is 0 Å². The van der Waals surface area contributed by atoms with E-state index >= 15 is 0 Å². The van der Waals surface area contributed by atoms with Crippen LogP contribution in [0.5, 0.6) is 0 Å². The maximum absolute atomic E-state index is 10.0. The van der Waals surface area contributed by atoms with Crippen molar-refractivity contribution in [2.45, 2.75) is 71.0 Å². The molecule has 0 spiro atoms. The van der Waals surface area contributed by atoms with Gasteiger partial charge < -0.3 is 10.2 Å². The van der Waals surface area contributed by atoms with Gasteiger partial charge >= 0.3 is 0 Å². The average molecular weight is 264 g/mol. The Hall–Kier alpha value is -1.04. The van der Waals surface area contributed by atoms with Crippen molar-refractivity contribution in [2.24, 2.45) is 0 Å². The van der Waals surface area contributed by atoms with Gasteiger partial charge in [0, 0.05) is 12.0 Å². The molecule has 0 aromatic rings. The highest BCUT2D eigenvalue weighted by atomic mass is 16.3. The molecular formula is C17H28O2. The van der Waals surface area contributed by atoms with E-state index in [1.54, 1.807) is 0 Å². The summed E-state index contributed by atoms with van der Waals surface area (Å²) in [6.07, 6.45) is 8.64. The van der Waals surface area contributed by atoms with Crippen LogP contribution in [-0.4, -0.2) is 22.4 Å². The quantitative estimate of drug-likeness (QED) is 0.379. The van der Waals surface area contributed by atoms with Crippen LogP contribution in [0.4, 0.5) is 0 Å². The molecule has 0 fully saturated rings. The van der Waals surface area contributed by atoms with Gasteiger partial charge in [0.2, 0.25) is 0 Å². The Morgan fingerprint density at radius 3 is 2.42 bits per heavy atom. The normalized spacial score (nSPS) is 14.4. The third-order valence-corrected chi connectivity index (χ3v) is 2.85. The van der Waals surface area contributed by atoms with Crippen molar-refractivity contribution >= 4 is 0 Å². The number of allylic oxidation sites excluding steroid dienone is 2. The highest BCUT2D eigenvalue weighted by Gasteiger charge is 2.07. The molecule has 2 nitrogen and oxygen atoms in total. The largest absolute Gasteiger partial charge is 0.392 e. The summed E-state index contributed by atoms with van der Waals surface area (Å²) in [4.78, 5) is 0. The summed E-state index contributed by atoms with van der Waals surface area (Å²) in [6.45, 7) is 7.77. The van der Waals surface area contributed by atoms with Crippen molar-refractivity contribution in [1.29, 1.82) is 0 Å². The predicted molar refractivity (Wildman–Crippen MR) is 81.7 cm³/mol. The molecule has 0 aromatic carbocycles. The molecule has 0 aliphatic carbocycles. The third kappa shape index (κ3) is 9.53. The van der Waals surface area contributed by atoms with E-state index < -0.39 is 6.10 Å². The first kappa shape index (κ1) is 18.0. The van der Waals surface area contributed by atoms with E-state index in [2.05, 4.69) is 18.4 Å². The maximum atomic E-state index is 10.0. The molecule has 2 N–H and O–H groups in total. The predicted octanol–water partition coefficient (Wildman–Crippen LogP) is 3.59. The first-order chi connectivity index (χ1) is 9.15. The fraction of sp³-hybridized carbons (Fsp3) is 0.647. The minimum atomic E-state index is -0.481. The Bertz CT molecular complexity index is 320. The van der Waals surface area contributed by atoms with Crippen LogP contribution < -0.4 is 0 Å². The molecule has 0 saturated heterocycles. The lowest BCUT2D eigenvalue weighted by Gasteiger charge is -2.09. The Morgan fingerprint density at radius 1 is 1.16 bits per heavy atom. The summed E-state index contributed by atoms with van der Waals surface area (Å²) in [6, 6.07) is 0. The summed E-state index contributed by atoms with van der Waals surface area (Å²) >= 11 is 0. The Kier molecular flexibility index (Phi) is 11.4. The molecule has 0 aromatic heterocycles. The number of hydrogen-bond donors (Lipinski definition) is 2. The second kappa shape index (κ2) is 12.0. The number of rotatable bonds is 9. The van der Waals surface area contributed by atoms with Crippen LogP contribution in [0.3, 0.4) is 0 Å². The zero-order valence-corrected chi connectivity index (χ0v) is 12.4. The lowest BCUT2D eigenvalue weighted by Crippen LogP contribution is -2.09. The summed E-state index contributed by atoms with van der Waals surface area (Å²) < 4.78 is 0. The molecule has 0 amide bonds. The summed E-state index contributed by atoms with van der Waals surface area (Å²) in [5.74, 6) is 6.00. The molecule has 19 heavy (non-hydrogen) atoms. The van der Waals surface area contributed by atoms with Crippen LogP contribution in [0.1, 0.15) is 58.8 Å². The lowest BCUT2D eigenvalue weighted by molar-refractivity contribution is 0.169. The third-order valence-electron chi connectivity index (χ3n) is 2.85. The fourth-order valence-electron chi connectivity index (χ4n) is 1.76. The van der Waals surface area contributed by atoms with Crippen molar-refractivity contribution in [3.05, 3.63) is 24.3 Å². The van der Waals surface area contributed by atoms with Crippen molar-refractivity contribution in [3.63, 3.8) is 0 Å². The van der Waals surface area contributed by atoms with Crippen LogP contribution >= 0.6 is 0 Å². The van der Waals surface area contributed by atoms with Crippen LogP contribution in [0, 0.1) is 11.8 Å². The number of aliphatic hydroxyl groups is 2. The van der Waals surface area contributed by atoms with Gasteiger partial charge in [-0.25, -0.2) is 0 Å². The van der Waals surface area contributed by atoms with E-state index in [0.29, 0.717) is 6.42 Å². The number of hydrogen-bond acceptors (Lipinski definition) is 2. The first-order valence-electron chi connectivity index (χ1n) is 7.31. The zero-order chi connectivity index (χ0) is 14.5. The molecular weight excluding hydrogens is 236 g/mol. The summed E-state index contributed by atoms with van der Waals surface area (Å²) in [5.41, 5.74) is 0.785. The minimum Gasteiger partial charge on any atom is -0.392 e. The highest BCUT2D eigenvalue weighted by molar-refractivity contribution is 5.32. The molecule has 108 valence electrons. The number of unbranched alkanes of at least 4 members (excludes halogenated alkanes) is 1. The molecule has 0 aliphatic heterocycles. The van der Waals surface area contributed by atoms with Crippen LogP contribution in [0.25, 0.3) is 0 Å². The van der Waals surface area contributed by atoms with E-state index in [4.69, 9.17) is 0 Å². The van der Waals surface area contributed by atoms with Crippen LogP contribution in [0.2, 0.25) is 0 Å². The van der Waals surface area contributed by atoms with Gasteiger partial charge in [-0.15, -0.1) is 6.58 Å². The van der Waals surface area contributed by atoms with Gasteiger partial charge in [-0.2, -0.15) is 0 Å². The van der Waals surface area contributed by atoms with Crippen molar-refractivity contribution < 1.29 is 10.2 Å². The fourth-order valence-corrected chi connectivity index (χ4v) is 1.76. The van der Waals surface area contributed by atoms with Gasteiger partial charge in [0.25, 0.3) is 0 Å². The molecule has 2 heteroatoms. The smallest absolute Gasteiger partial charge is 0.0864 e. The standard InChI is InChI=1S/C17H28O2/c1-4-7-8-12-15(17(19)11-6-3)13-9-14-16(18)10-5-2/h4,12,16-19H,1,5-8,10-11,14H2,2-3H3/b15-12+. The SMILES string of the molecule is C=CCC/C=C(\C#CCC(O)CCC)C(O)CCC. The first-order valence-corrected chi connectivity index (χ1v) is 7.31. The minimum absolute atomic E-state index is 0.352. The van der Waals surface area contributed by atoms with Crippen molar-refractivity contribution in [3.8, 4) is 11.8 Å². The van der Waals surface area contributed by atoms with E-state index in [0.717, 1.165) is 44.1 Å².